The summed E-state index contributed by atoms with van der Waals surface area (Å²) in [6.07, 6.45) is 3.01. The van der Waals surface area contributed by atoms with E-state index >= 15 is 4.39 Å². The number of halogens is 1. The summed E-state index contributed by atoms with van der Waals surface area (Å²) in [6.45, 7) is 4.20. The number of aliphatic hydroxyl groups excluding tert-OH is 1. The van der Waals surface area contributed by atoms with E-state index in [-0.39, 0.29) is 43.2 Å². The van der Waals surface area contributed by atoms with Crippen LogP contribution in [0.25, 0.3) is 0 Å². The standard InChI is InChI=1S/C25H33FO9S.Na.H/c1-14-10-18-17-5-4-15-11-16(27)6-8-22(15,2)24(17,26)19(28)12-23(18,3)25(14,31)20(29)13-35-21(30)7-9-36(32,33)34;;/h6,8,11,14,17-19,28,31H,4-5,7,9-10,12-13H2,1-3H3,(H,32,33,34);;/q;+1;-1/t14-,17-,18-,19-,22-,23-,24-,25-;;/m0../s1. The van der Waals surface area contributed by atoms with Gasteiger partial charge >= 0.3 is 35.5 Å². The van der Waals surface area contributed by atoms with Crippen molar-refractivity contribution in [1.82, 2.24) is 0 Å². The van der Waals surface area contributed by atoms with E-state index in [1.54, 1.807) is 20.8 Å². The van der Waals surface area contributed by atoms with Gasteiger partial charge in [0.1, 0.15) is 5.60 Å². The third kappa shape index (κ3) is 4.52. The first kappa shape index (κ1) is 30.6. The van der Waals surface area contributed by atoms with Gasteiger partial charge in [0.2, 0.25) is 5.78 Å². The van der Waals surface area contributed by atoms with Gasteiger partial charge in [-0.05, 0) is 56.6 Å². The number of hydrogen-bond donors (Lipinski definition) is 3. The summed E-state index contributed by atoms with van der Waals surface area (Å²) < 4.78 is 52.5. The van der Waals surface area contributed by atoms with Crippen molar-refractivity contribution in [2.45, 2.75) is 70.2 Å². The molecule has 0 aromatic carbocycles. The van der Waals surface area contributed by atoms with Crippen LogP contribution in [0.15, 0.2) is 23.8 Å². The molecule has 0 spiro atoms. The Bertz CT molecular complexity index is 1180. The molecule has 0 aromatic rings. The Balaban J connectivity index is 0.00000253. The van der Waals surface area contributed by atoms with Gasteiger partial charge in [-0.15, -0.1) is 0 Å². The molecule has 9 nitrogen and oxygen atoms in total. The van der Waals surface area contributed by atoms with Crippen LogP contribution in [-0.2, 0) is 29.2 Å². The number of aliphatic hydroxyl groups is 2. The van der Waals surface area contributed by atoms with Crippen LogP contribution in [0.3, 0.4) is 0 Å². The Morgan fingerprint density at radius 2 is 1.92 bits per heavy atom. The molecular formula is C25H34FNaO9S. The molecule has 0 aliphatic heterocycles. The van der Waals surface area contributed by atoms with Gasteiger partial charge in [0.05, 0.1) is 18.3 Å². The van der Waals surface area contributed by atoms with E-state index in [0.717, 1.165) is 0 Å². The smallest absolute Gasteiger partial charge is 1.00 e. The summed E-state index contributed by atoms with van der Waals surface area (Å²) in [4.78, 5) is 37.1. The fourth-order valence-electron chi connectivity index (χ4n) is 7.68. The largest absolute Gasteiger partial charge is 1.00 e. The fraction of sp³-hybridized carbons (Fsp3) is 0.720. The van der Waals surface area contributed by atoms with Crippen molar-refractivity contribution < 1.29 is 77.7 Å². The number of carbonyl (C=O) groups excluding carboxylic acids is 3. The number of allylic oxidation sites excluding steroid dienone is 4. The van der Waals surface area contributed by atoms with E-state index in [1.165, 1.54) is 18.2 Å². The van der Waals surface area contributed by atoms with Gasteiger partial charge < -0.3 is 16.4 Å². The number of Topliss-reactive ketones (excluding diaryl/α,β-unsaturated/α-hetero) is 1. The van der Waals surface area contributed by atoms with E-state index < -0.39 is 86.6 Å². The molecule has 4 aliphatic carbocycles. The number of ketones is 2. The molecule has 0 saturated heterocycles. The van der Waals surface area contributed by atoms with Crippen molar-refractivity contribution in [3.05, 3.63) is 23.8 Å². The number of hydrogen-bond acceptors (Lipinski definition) is 8. The summed E-state index contributed by atoms with van der Waals surface area (Å²) >= 11 is 0. The Hall–Kier alpha value is -0.950. The molecule has 3 saturated carbocycles. The molecule has 0 unspecified atom stereocenters. The van der Waals surface area contributed by atoms with Gasteiger partial charge in [-0.3, -0.25) is 18.9 Å². The van der Waals surface area contributed by atoms with Crippen LogP contribution < -0.4 is 29.6 Å². The van der Waals surface area contributed by atoms with Crippen LogP contribution in [0.2, 0.25) is 0 Å². The van der Waals surface area contributed by atoms with E-state index in [4.69, 9.17) is 9.29 Å². The first-order chi connectivity index (χ1) is 16.5. The van der Waals surface area contributed by atoms with Crippen molar-refractivity contribution in [2.75, 3.05) is 12.4 Å². The average molecular weight is 553 g/mol. The number of carbonyl (C=O) groups is 3. The molecular weight excluding hydrogens is 518 g/mol. The molecule has 0 radical (unpaired) electrons. The zero-order valence-electron chi connectivity index (χ0n) is 22.6. The number of alkyl halides is 1. The van der Waals surface area contributed by atoms with Crippen molar-refractivity contribution in [3.63, 3.8) is 0 Å². The maximum atomic E-state index is 17.1. The van der Waals surface area contributed by atoms with Crippen molar-refractivity contribution in [1.29, 1.82) is 0 Å². The minimum atomic E-state index is -4.39. The van der Waals surface area contributed by atoms with E-state index in [9.17, 15) is 33.0 Å². The first-order valence-electron chi connectivity index (χ1n) is 12.2. The van der Waals surface area contributed by atoms with Gasteiger partial charge in [-0.2, -0.15) is 8.42 Å². The maximum Gasteiger partial charge on any atom is 1.00 e. The molecule has 8 atom stereocenters. The molecule has 0 heterocycles. The SMILES string of the molecule is C[C@H]1C[C@H]2[C@@H]3CCC4=CC(=O)C=C[C@]4(C)[C@@]3(F)[C@@H](O)C[C@]2(C)[C@@]1(O)C(=O)COC(=O)CCS(=O)(=O)O.[H-].[Na+]. The number of esters is 1. The van der Waals surface area contributed by atoms with Crippen LogP contribution in [0.4, 0.5) is 4.39 Å². The molecule has 0 bridgehead atoms. The van der Waals surface area contributed by atoms with Gasteiger partial charge in [-0.25, -0.2) is 4.39 Å². The summed E-state index contributed by atoms with van der Waals surface area (Å²) in [6, 6.07) is 0. The van der Waals surface area contributed by atoms with E-state index in [0.29, 0.717) is 24.8 Å². The molecule has 3 fully saturated rings. The summed E-state index contributed by atoms with van der Waals surface area (Å²) in [5.41, 5.74) is -5.89. The molecule has 12 heteroatoms. The van der Waals surface area contributed by atoms with Crippen molar-refractivity contribution in [2.24, 2.45) is 28.6 Å². The number of ether oxygens (including phenoxy) is 1. The number of rotatable bonds is 6. The van der Waals surface area contributed by atoms with Gasteiger partial charge in [0.15, 0.2) is 18.1 Å². The Morgan fingerprint density at radius 1 is 1.27 bits per heavy atom. The summed E-state index contributed by atoms with van der Waals surface area (Å²) in [5, 5.41) is 23.1. The predicted molar refractivity (Wildman–Crippen MR) is 126 cm³/mol. The first-order valence-corrected chi connectivity index (χ1v) is 13.8. The molecule has 37 heavy (non-hydrogen) atoms. The van der Waals surface area contributed by atoms with Crippen molar-refractivity contribution >= 4 is 27.7 Å². The van der Waals surface area contributed by atoms with Crippen LogP contribution >= 0.6 is 0 Å². The van der Waals surface area contributed by atoms with Crippen molar-refractivity contribution in [3.8, 4) is 0 Å². The molecule has 0 amide bonds. The Labute approximate surface area is 239 Å². The Kier molecular flexibility index (Phi) is 8.19. The van der Waals surface area contributed by atoms with Crippen LogP contribution in [-0.4, -0.2) is 70.5 Å². The monoisotopic (exact) mass is 552 g/mol. The minimum Gasteiger partial charge on any atom is -1.00 e. The number of fused-ring (bicyclic) bond motifs is 5. The third-order valence-electron chi connectivity index (χ3n) is 9.58. The summed E-state index contributed by atoms with van der Waals surface area (Å²) in [5.74, 6) is -4.68. The predicted octanol–water partition coefficient (Wildman–Crippen LogP) is -1.16. The van der Waals surface area contributed by atoms with E-state index in [1.807, 2.05) is 0 Å². The fourth-order valence-corrected chi connectivity index (χ4v) is 8.11. The average Bonchev–Trinajstić information content (AvgIpc) is 2.98. The quantitative estimate of drug-likeness (QED) is 0.210. The van der Waals surface area contributed by atoms with Crippen LogP contribution in [0.5, 0.6) is 0 Å². The second kappa shape index (κ2) is 9.91. The molecule has 3 N–H and O–H groups in total. The molecule has 0 aromatic heterocycles. The minimum absolute atomic E-state index is 0. The maximum absolute atomic E-state index is 17.1. The molecule has 4 aliphatic rings. The van der Waals surface area contributed by atoms with Gasteiger partial charge in [0.25, 0.3) is 10.1 Å². The summed E-state index contributed by atoms with van der Waals surface area (Å²) in [7, 11) is -4.39. The third-order valence-corrected chi connectivity index (χ3v) is 10.3. The molecule has 4 rings (SSSR count). The topological polar surface area (TPSA) is 155 Å². The van der Waals surface area contributed by atoms with E-state index in [2.05, 4.69) is 0 Å². The molecule has 202 valence electrons. The van der Waals surface area contributed by atoms with Crippen LogP contribution in [0.1, 0.15) is 54.3 Å². The second-order valence-electron chi connectivity index (χ2n) is 11.3. The van der Waals surface area contributed by atoms with Gasteiger partial charge in [0, 0.05) is 16.7 Å². The van der Waals surface area contributed by atoms with Gasteiger partial charge in [-0.1, -0.05) is 25.5 Å². The van der Waals surface area contributed by atoms with Crippen LogP contribution in [0, 0.1) is 28.6 Å². The normalized spacial score (nSPS) is 42.6. The second-order valence-corrected chi connectivity index (χ2v) is 12.9. The Morgan fingerprint density at radius 3 is 2.54 bits per heavy atom. The zero-order chi connectivity index (χ0) is 26.9. The zero-order valence-corrected chi connectivity index (χ0v) is 24.4.